The standard InChI is InChI=1S/C43H81N7O18/c1-11-26-33(65-42-34(58-8)21(15-52)20(14-51)28(64-42)18-56-6)23(17-54)30(47-4)40(61-26)67-37-27(13-49-50-44)62-43(39(37)60-10)68-38-35(59-9)24(45-2)12-25(46-3)36(38)66-41-31(48-5)32(55)22(16-53)29(63-41)19-57-7/h20-43,45-48,51-55H,11-19H2,1-10H3. The third kappa shape index (κ3) is 12.4. The molecule has 0 aromatic carbocycles. The van der Waals surface area contributed by atoms with Gasteiger partial charge in [0.05, 0.1) is 81.7 Å². The van der Waals surface area contributed by atoms with Crippen molar-refractivity contribution in [2.45, 2.75) is 142 Å². The maximum atomic E-state index is 11.5. The van der Waals surface area contributed by atoms with Crippen LogP contribution in [-0.4, -0.2) is 258 Å². The lowest BCUT2D eigenvalue weighted by Gasteiger charge is -2.50. The average molecular weight is 984 g/mol. The Hall–Kier alpha value is -1.57. The molecule has 0 amide bonds. The molecule has 4 heterocycles. The van der Waals surface area contributed by atoms with Crippen LogP contribution in [0.5, 0.6) is 0 Å². The second kappa shape index (κ2) is 28.0. The molecule has 0 aromatic heterocycles. The molecule has 0 bridgehead atoms. The van der Waals surface area contributed by atoms with E-state index in [0.29, 0.717) is 12.8 Å². The molecular formula is C43H81N7O18. The number of likely N-dealkylation sites (N-methyl/N-ethyl adjacent to an activating group) is 4. The summed E-state index contributed by atoms with van der Waals surface area (Å²) in [7, 11) is 14.6. The Bertz CT molecular complexity index is 1500. The summed E-state index contributed by atoms with van der Waals surface area (Å²) >= 11 is 0. The highest BCUT2D eigenvalue weighted by Crippen LogP contribution is 2.41. The van der Waals surface area contributed by atoms with Crippen molar-refractivity contribution in [1.82, 2.24) is 21.3 Å². The van der Waals surface area contributed by atoms with Crippen molar-refractivity contribution in [3.8, 4) is 0 Å². The number of methoxy groups -OCH3 is 5. The van der Waals surface area contributed by atoms with E-state index in [2.05, 4.69) is 31.3 Å². The third-order valence-corrected chi connectivity index (χ3v) is 14.6. The number of azide groups is 1. The van der Waals surface area contributed by atoms with E-state index in [1.165, 1.54) is 28.4 Å². The minimum Gasteiger partial charge on any atom is -0.396 e. The summed E-state index contributed by atoms with van der Waals surface area (Å²) in [6, 6.07) is -2.06. The molecule has 25 nitrogen and oxygen atoms in total. The quantitative estimate of drug-likeness (QED) is 0.0238. The molecule has 25 heteroatoms. The van der Waals surface area contributed by atoms with Gasteiger partial charge in [-0.05, 0) is 46.6 Å². The van der Waals surface area contributed by atoms with Crippen LogP contribution >= 0.6 is 0 Å². The van der Waals surface area contributed by atoms with Gasteiger partial charge in [0.1, 0.15) is 36.6 Å². The average Bonchev–Trinajstić information content (AvgIpc) is 3.67. The van der Waals surface area contributed by atoms with Crippen LogP contribution in [0.4, 0.5) is 0 Å². The highest BCUT2D eigenvalue weighted by Gasteiger charge is 2.57. The van der Waals surface area contributed by atoms with E-state index in [9.17, 15) is 31.1 Å². The Morgan fingerprint density at radius 2 is 1.01 bits per heavy atom. The van der Waals surface area contributed by atoms with E-state index in [-0.39, 0.29) is 58.3 Å². The summed E-state index contributed by atoms with van der Waals surface area (Å²) in [5, 5.41) is 70.4. The molecule has 24 atom stereocenters. The maximum Gasteiger partial charge on any atom is 0.187 e. The lowest BCUT2D eigenvalue weighted by molar-refractivity contribution is -0.344. The number of hydrogen-bond acceptors (Lipinski definition) is 23. The van der Waals surface area contributed by atoms with Crippen molar-refractivity contribution in [2.75, 3.05) is 110 Å². The monoisotopic (exact) mass is 984 g/mol. The van der Waals surface area contributed by atoms with Crippen molar-refractivity contribution in [1.29, 1.82) is 0 Å². The van der Waals surface area contributed by atoms with E-state index in [1.807, 2.05) is 14.0 Å². The Balaban J connectivity index is 1.44. The van der Waals surface area contributed by atoms with Gasteiger partial charge in [0.15, 0.2) is 25.2 Å². The van der Waals surface area contributed by atoms with Crippen molar-refractivity contribution in [3.05, 3.63) is 10.4 Å². The van der Waals surface area contributed by atoms with Gasteiger partial charge in [-0.25, -0.2) is 0 Å². The Kier molecular flexibility index (Phi) is 23.6. The molecule has 0 spiro atoms. The summed E-state index contributed by atoms with van der Waals surface area (Å²) in [5.74, 6) is -2.35. The summed E-state index contributed by atoms with van der Waals surface area (Å²) in [5.41, 5.74) is 9.49. The second-order valence-electron chi connectivity index (χ2n) is 17.9. The first-order valence-corrected chi connectivity index (χ1v) is 23.6. The normalized spacial score (nSPS) is 44.5. The zero-order chi connectivity index (χ0) is 49.7. The minimum atomic E-state index is -1.16. The molecule has 0 aromatic rings. The van der Waals surface area contributed by atoms with Crippen LogP contribution in [-0.2, 0) is 61.6 Å². The van der Waals surface area contributed by atoms with E-state index in [1.54, 1.807) is 28.3 Å². The molecule has 5 aliphatic rings. The van der Waals surface area contributed by atoms with Gasteiger partial charge >= 0.3 is 0 Å². The van der Waals surface area contributed by atoms with Crippen LogP contribution in [0.25, 0.3) is 10.4 Å². The van der Waals surface area contributed by atoms with Crippen molar-refractivity contribution >= 4 is 0 Å². The Morgan fingerprint density at radius 1 is 0.529 bits per heavy atom. The molecule has 0 radical (unpaired) electrons. The largest absolute Gasteiger partial charge is 0.396 e. The molecule has 1 saturated carbocycles. The van der Waals surface area contributed by atoms with Gasteiger partial charge in [-0.3, -0.25) is 0 Å². The van der Waals surface area contributed by atoms with Crippen molar-refractivity contribution in [3.63, 3.8) is 0 Å². The fourth-order valence-corrected chi connectivity index (χ4v) is 11.0. The van der Waals surface area contributed by atoms with Gasteiger partial charge in [-0.2, -0.15) is 0 Å². The van der Waals surface area contributed by atoms with Gasteiger partial charge in [-0.15, -0.1) is 0 Å². The Morgan fingerprint density at radius 3 is 1.54 bits per heavy atom. The smallest absolute Gasteiger partial charge is 0.187 e. The van der Waals surface area contributed by atoms with Gasteiger partial charge in [0.25, 0.3) is 0 Å². The fraction of sp³-hybridized carbons (Fsp3) is 1.00. The lowest BCUT2D eigenvalue weighted by atomic mass is 9.81. The summed E-state index contributed by atoms with van der Waals surface area (Å²) in [6.45, 7) is 0.679. The molecule has 5 rings (SSSR count). The summed E-state index contributed by atoms with van der Waals surface area (Å²) < 4.78 is 82.3. The van der Waals surface area contributed by atoms with Crippen LogP contribution in [0.3, 0.4) is 0 Å². The molecule has 9 N–H and O–H groups in total. The van der Waals surface area contributed by atoms with Crippen LogP contribution in [0.1, 0.15) is 19.8 Å². The minimum absolute atomic E-state index is 0.0980. The number of hydrogen-bond donors (Lipinski definition) is 9. The summed E-state index contributed by atoms with van der Waals surface area (Å²) in [4.78, 5) is 3.00. The van der Waals surface area contributed by atoms with E-state index < -0.39 is 134 Å². The van der Waals surface area contributed by atoms with Gasteiger partial charge in [0.2, 0.25) is 0 Å². The second-order valence-corrected chi connectivity index (χ2v) is 17.9. The number of nitrogens with zero attached hydrogens (tertiary/aromatic N) is 3. The van der Waals surface area contributed by atoms with Gasteiger partial charge < -0.3 is 108 Å². The number of ether oxygens (including phenoxy) is 13. The number of rotatable bonds is 26. The van der Waals surface area contributed by atoms with Crippen LogP contribution in [0.15, 0.2) is 5.11 Å². The predicted octanol–water partition coefficient (Wildman–Crippen LogP) is -2.96. The topological polar surface area (TPSA) is 318 Å². The molecular weight excluding hydrogens is 903 g/mol. The first kappa shape index (κ1) is 57.3. The van der Waals surface area contributed by atoms with E-state index in [0.717, 1.165) is 0 Å². The molecule has 396 valence electrons. The number of aliphatic hydroxyl groups excluding tert-OH is 5. The van der Waals surface area contributed by atoms with E-state index in [4.69, 9.17) is 61.6 Å². The Labute approximate surface area is 399 Å². The fourth-order valence-electron chi connectivity index (χ4n) is 11.0. The third-order valence-electron chi connectivity index (χ3n) is 14.6. The number of nitrogens with one attached hydrogen (secondary N) is 4. The first-order chi connectivity index (χ1) is 33.0. The SMILES string of the molecule is CCC1OC(OC2C(CN=[N+]=[N-])OC(OC3C(OC)C(NC)CC(NC)C3OC3OC(COC)C(CO)C(O)C3NC)C2OC)C(NC)C(CO)C1OC1OC(COC)C(CO)C(CO)C1OC. The van der Waals surface area contributed by atoms with Crippen molar-refractivity contribution in [2.24, 2.45) is 28.8 Å². The molecule has 24 unspecified atom stereocenters. The van der Waals surface area contributed by atoms with Crippen LogP contribution in [0, 0.1) is 23.7 Å². The molecule has 4 aliphatic heterocycles. The van der Waals surface area contributed by atoms with Gasteiger partial charge in [0, 0.05) is 89.4 Å². The summed E-state index contributed by atoms with van der Waals surface area (Å²) in [6.07, 6.45) is -13.1. The number of aliphatic hydroxyl groups is 5. The van der Waals surface area contributed by atoms with Crippen LogP contribution < -0.4 is 21.3 Å². The first-order valence-electron chi connectivity index (χ1n) is 23.6. The highest BCUT2D eigenvalue weighted by molar-refractivity contribution is 5.05. The van der Waals surface area contributed by atoms with Crippen molar-refractivity contribution < 1.29 is 87.1 Å². The molecule has 68 heavy (non-hydrogen) atoms. The lowest BCUT2D eigenvalue weighted by Crippen LogP contribution is -2.68. The van der Waals surface area contributed by atoms with E-state index >= 15 is 0 Å². The highest BCUT2D eigenvalue weighted by atomic mass is 16.8. The predicted molar refractivity (Wildman–Crippen MR) is 239 cm³/mol. The molecule has 4 saturated heterocycles. The van der Waals surface area contributed by atoms with Crippen LogP contribution in [0.2, 0.25) is 0 Å². The zero-order valence-corrected chi connectivity index (χ0v) is 41.1. The van der Waals surface area contributed by atoms with Gasteiger partial charge in [-0.1, -0.05) is 12.0 Å². The molecule has 5 fully saturated rings. The zero-order valence-electron chi connectivity index (χ0n) is 41.1. The molecule has 1 aliphatic carbocycles. The maximum absolute atomic E-state index is 11.5.